The van der Waals surface area contributed by atoms with E-state index in [9.17, 15) is 9.59 Å². The monoisotopic (exact) mass is 272 g/mol. The molecule has 0 aliphatic heterocycles. The Hall–Kier alpha value is -2.43. The third kappa shape index (κ3) is 2.93. The van der Waals surface area contributed by atoms with E-state index < -0.39 is 11.5 Å². The number of carbonyl (C=O) groups is 1. The number of hydrogen-bond acceptors (Lipinski definition) is 3. The summed E-state index contributed by atoms with van der Waals surface area (Å²) in [5, 5.41) is 9.07. The van der Waals surface area contributed by atoms with Crippen LogP contribution in [0, 0.1) is 13.8 Å². The van der Waals surface area contributed by atoms with Crippen LogP contribution in [0.5, 0.6) is 0 Å². The highest BCUT2D eigenvalue weighted by Gasteiger charge is 2.14. The fourth-order valence-electron chi connectivity index (χ4n) is 2.08. The molecule has 0 aliphatic carbocycles. The van der Waals surface area contributed by atoms with Crippen molar-refractivity contribution in [3.63, 3.8) is 0 Å². The van der Waals surface area contributed by atoms with Gasteiger partial charge in [-0.2, -0.15) is 0 Å². The second kappa shape index (κ2) is 5.69. The van der Waals surface area contributed by atoms with Crippen LogP contribution < -0.4 is 5.56 Å². The van der Waals surface area contributed by atoms with Crippen LogP contribution in [0.2, 0.25) is 0 Å². The lowest BCUT2D eigenvalue weighted by Gasteiger charge is -2.08. The van der Waals surface area contributed by atoms with Crippen molar-refractivity contribution in [2.24, 2.45) is 0 Å². The fraction of sp³-hybridized carbons (Fsp3) is 0.267. The standard InChI is InChI=1S/C15H16N2O3/c1-10-6-8-17(14(18)13(10)15(19)20)9-7-12-5-3-4-11(2)16-12/h3-6,8H,7,9H2,1-2H3,(H,19,20). The van der Waals surface area contributed by atoms with E-state index in [1.807, 2.05) is 25.1 Å². The zero-order valence-corrected chi connectivity index (χ0v) is 11.5. The molecule has 2 rings (SSSR count). The molecule has 0 fully saturated rings. The Labute approximate surface area is 116 Å². The molecule has 0 amide bonds. The Morgan fingerprint density at radius 3 is 2.70 bits per heavy atom. The van der Waals surface area contributed by atoms with Gasteiger partial charge in [-0.15, -0.1) is 0 Å². The summed E-state index contributed by atoms with van der Waals surface area (Å²) in [5.41, 5.74) is 1.65. The predicted octanol–water partition coefficient (Wildman–Crippen LogP) is 1.80. The summed E-state index contributed by atoms with van der Waals surface area (Å²) in [5.74, 6) is -1.18. The zero-order valence-electron chi connectivity index (χ0n) is 11.5. The lowest BCUT2D eigenvalue weighted by Crippen LogP contribution is -2.27. The molecule has 2 aromatic rings. The van der Waals surface area contributed by atoms with Crippen molar-refractivity contribution in [3.8, 4) is 0 Å². The van der Waals surface area contributed by atoms with Gasteiger partial charge < -0.3 is 9.67 Å². The van der Waals surface area contributed by atoms with Crippen LogP contribution in [0.3, 0.4) is 0 Å². The first-order valence-electron chi connectivity index (χ1n) is 6.35. The average molecular weight is 272 g/mol. The van der Waals surface area contributed by atoms with E-state index in [2.05, 4.69) is 4.98 Å². The Kier molecular flexibility index (Phi) is 3.98. The maximum atomic E-state index is 12.1. The quantitative estimate of drug-likeness (QED) is 0.921. The minimum atomic E-state index is -1.18. The predicted molar refractivity (Wildman–Crippen MR) is 75.1 cm³/mol. The summed E-state index contributed by atoms with van der Waals surface area (Å²) in [6.45, 7) is 3.94. The molecule has 0 radical (unpaired) electrons. The first kappa shape index (κ1) is 14.0. The first-order chi connectivity index (χ1) is 9.49. The molecule has 0 aromatic carbocycles. The van der Waals surface area contributed by atoms with Gasteiger partial charge in [-0.3, -0.25) is 9.78 Å². The highest BCUT2D eigenvalue weighted by Crippen LogP contribution is 2.04. The lowest BCUT2D eigenvalue weighted by atomic mass is 10.1. The zero-order chi connectivity index (χ0) is 14.7. The number of aromatic nitrogens is 2. The molecule has 0 atom stereocenters. The molecule has 5 heteroatoms. The van der Waals surface area contributed by atoms with Gasteiger partial charge >= 0.3 is 5.97 Å². The Bertz CT molecular complexity index is 705. The summed E-state index contributed by atoms with van der Waals surface area (Å²) in [4.78, 5) is 27.5. The molecule has 104 valence electrons. The van der Waals surface area contributed by atoms with E-state index in [0.29, 0.717) is 18.5 Å². The Balaban J connectivity index is 2.25. The second-order valence-electron chi connectivity index (χ2n) is 4.70. The summed E-state index contributed by atoms with van der Waals surface area (Å²) in [7, 11) is 0. The van der Waals surface area contributed by atoms with E-state index in [1.165, 1.54) is 4.57 Å². The SMILES string of the molecule is Cc1cccc(CCn2ccc(C)c(C(=O)O)c2=O)n1. The Morgan fingerprint density at radius 2 is 2.05 bits per heavy atom. The summed E-state index contributed by atoms with van der Waals surface area (Å²) in [6, 6.07) is 7.36. The number of aromatic carboxylic acids is 1. The van der Waals surface area contributed by atoms with Crippen molar-refractivity contribution in [2.75, 3.05) is 0 Å². The molecule has 2 heterocycles. The lowest BCUT2D eigenvalue weighted by molar-refractivity contribution is 0.0693. The van der Waals surface area contributed by atoms with Gasteiger partial charge in [0.15, 0.2) is 0 Å². The molecule has 0 aliphatic rings. The van der Waals surface area contributed by atoms with Gasteiger partial charge in [0.25, 0.3) is 5.56 Å². The average Bonchev–Trinajstić information content (AvgIpc) is 2.37. The summed E-state index contributed by atoms with van der Waals surface area (Å²) in [6.07, 6.45) is 2.21. The molecule has 1 N–H and O–H groups in total. The van der Waals surface area contributed by atoms with E-state index in [1.54, 1.807) is 19.2 Å². The summed E-state index contributed by atoms with van der Waals surface area (Å²) >= 11 is 0. The molecule has 20 heavy (non-hydrogen) atoms. The minimum Gasteiger partial charge on any atom is -0.477 e. The van der Waals surface area contributed by atoms with Crippen molar-refractivity contribution < 1.29 is 9.90 Å². The summed E-state index contributed by atoms with van der Waals surface area (Å²) < 4.78 is 1.42. The third-order valence-corrected chi connectivity index (χ3v) is 3.14. The van der Waals surface area contributed by atoms with Gasteiger partial charge in [-0.25, -0.2) is 4.79 Å². The van der Waals surface area contributed by atoms with Crippen molar-refractivity contribution in [3.05, 3.63) is 63.3 Å². The van der Waals surface area contributed by atoms with Gasteiger partial charge in [-0.1, -0.05) is 6.07 Å². The normalized spacial score (nSPS) is 10.5. The maximum Gasteiger partial charge on any atom is 0.341 e. The number of aryl methyl sites for hydroxylation is 4. The fourth-order valence-corrected chi connectivity index (χ4v) is 2.08. The first-order valence-corrected chi connectivity index (χ1v) is 6.35. The topological polar surface area (TPSA) is 72.2 Å². The van der Waals surface area contributed by atoms with Crippen LogP contribution in [-0.4, -0.2) is 20.6 Å². The van der Waals surface area contributed by atoms with Gasteiger partial charge in [0.2, 0.25) is 0 Å². The minimum absolute atomic E-state index is 0.162. The third-order valence-electron chi connectivity index (χ3n) is 3.14. The number of carboxylic acids is 1. The molecule has 2 aromatic heterocycles. The van der Waals surface area contributed by atoms with Crippen LogP contribution in [-0.2, 0) is 13.0 Å². The van der Waals surface area contributed by atoms with E-state index in [-0.39, 0.29) is 5.56 Å². The van der Waals surface area contributed by atoms with Crippen LogP contribution in [0.15, 0.2) is 35.3 Å². The number of nitrogens with zero attached hydrogens (tertiary/aromatic N) is 2. The molecule has 0 bridgehead atoms. The van der Waals surface area contributed by atoms with Crippen molar-refractivity contribution in [2.45, 2.75) is 26.8 Å². The highest BCUT2D eigenvalue weighted by atomic mass is 16.4. The number of rotatable bonds is 4. The van der Waals surface area contributed by atoms with E-state index in [0.717, 1.165) is 11.4 Å². The molecule has 0 saturated heterocycles. The molecule has 0 spiro atoms. The van der Waals surface area contributed by atoms with Crippen molar-refractivity contribution in [1.29, 1.82) is 0 Å². The largest absolute Gasteiger partial charge is 0.477 e. The van der Waals surface area contributed by atoms with Crippen LogP contribution in [0.25, 0.3) is 0 Å². The molecule has 5 nitrogen and oxygen atoms in total. The second-order valence-corrected chi connectivity index (χ2v) is 4.70. The molecular formula is C15H16N2O3. The number of hydrogen-bond donors (Lipinski definition) is 1. The van der Waals surface area contributed by atoms with E-state index in [4.69, 9.17) is 5.11 Å². The van der Waals surface area contributed by atoms with Gasteiger partial charge in [-0.05, 0) is 37.6 Å². The smallest absolute Gasteiger partial charge is 0.341 e. The molecular weight excluding hydrogens is 256 g/mol. The van der Waals surface area contributed by atoms with Crippen LogP contribution in [0.1, 0.15) is 27.3 Å². The van der Waals surface area contributed by atoms with Crippen LogP contribution in [0.4, 0.5) is 0 Å². The van der Waals surface area contributed by atoms with Crippen molar-refractivity contribution >= 4 is 5.97 Å². The van der Waals surface area contributed by atoms with Crippen LogP contribution >= 0.6 is 0 Å². The Morgan fingerprint density at radius 1 is 1.30 bits per heavy atom. The molecule has 0 saturated carbocycles. The number of carboxylic acid groups (broad SMARTS) is 1. The van der Waals surface area contributed by atoms with Gasteiger partial charge in [0, 0.05) is 30.6 Å². The van der Waals surface area contributed by atoms with Gasteiger partial charge in [0.1, 0.15) is 5.56 Å². The maximum absolute atomic E-state index is 12.1. The molecule has 0 unspecified atom stereocenters. The van der Waals surface area contributed by atoms with Crippen molar-refractivity contribution in [1.82, 2.24) is 9.55 Å². The highest BCUT2D eigenvalue weighted by molar-refractivity contribution is 5.88. The van der Waals surface area contributed by atoms with E-state index >= 15 is 0 Å². The van der Waals surface area contributed by atoms with Gasteiger partial charge in [0.05, 0.1) is 0 Å². The number of pyridine rings is 2.